The number of para-hydroxylation sites is 1. The van der Waals surface area contributed by atoms with Crippen molar-refractivity contribution < 1.29 is 0 Å². The topological polar surface area (TPSA) is 30.7 Å². The van der Waals surface area contributed by atoms with Gasteiger partial charge in [-0.25, -0.2) is 9.97 Å². The molecule has 0 aliphatic heterocycles. The molecular formula is C63H43N3. The van der Waals surface area contributed by atoms with Crippen molar-refractivity contribution in [2.45, 2.75) is 19.3 Å². The molecule has 0 radical (unpaired) electrons. The van der Waals surface area contributed by atoms with Gasteiger partial charge in [0.15, 0.2) is 5.82 Å². The summed E-state index contributed by atoms with van der Waals surface area (Å²) in [5.74, 6) is 0.693. The normalized spacial score (nSPS) is 12.8. The highest BCUT2D eigenvalue weighted by atomic mass is 15.0. The van der Waals surface area contributed by atoms with Gasteiger partial charge in [0.1, 0.15) is 0 Å². The third-order valence-electron chi connectivity index (χ3n) is 14.0. The maximum absolute atomic E-state index is 5.49. The van der Waals surface area contributed by atoms with Crippen molar-refractivity contribution in [1.82, 2.24) is 14.5 Å². The van der Waals surface area contributed by atoms with E-state index in [9.17, 15) is 0 Å². The van der Waals surface area contributed by atoms with E-state index in [4.69, 9.17) is 9.97 Å². The van der Waals surface area contributed by atoms with E-state index in [0.717, 1.165) is 50.4 Å². The molecule has 0 amide bonds. The van der Waals surface area contributed by atoms with Crippen molar-refractivity contribution in [3.8, 4) is 73.0 Å². The van der Waals surface area contributed by atoms with Gasteiger partial charge in [-0.3, -0.25) is 0 Å². The Morgan fingerprint density at radius 3 is 1.80 bits per heavy atom. The first kappa shape index (κ1) is 38.1. The predicted molar refractivity (Wildman–Crippen MR) is 276 cm³/mol. The van der Waals surface area contributed by atoms with Gasteiger partial charge >= 0.3 is 0 Å². The van der Waals surface area contributed by atoms with Crippen molar-refractivity contribution in [2.75, 3.05) is 0 Å². The number of aromatic nitrogens is 3. The van der Waals surface area contributed by atoms with Crippen molar-refractivity contribution in [3.05, 3.63) is 236 Å². The van der Waals surface area contributed by atoms with Crippen LogP contribution in [0.1, 0.15) is 25.0 Å². The van der Waals surface area contributed by atoms with Crippen LogP contribution in [0, 0.1) is 0 Å². The summed E-state index contributed by atoms with van der Waals surface area (Å²) in [4.78, 5) is 10.9. The molecule has 2 aromatic heterocycles. The fourth-order valence-electron chi connectivity index (χ4n) is 10.8. The molecule has 310 valence electrons. The first-order chi connectivity index (χ1) is 32.5. The zero-order valence-electron chi connectivity index (χ0n) is 36.7. The second-order valence-corrected chi connectivity index (χ2v) is 18.1. The van der Waals surface area contributed by atoms with Crippen LogP contribution < -0.4 is 0 Å². The van der Waals surface area contributed by atoms with Crippen molar-refractivity contribution in [2.24, 2.45) is 0 Å². The fraction of sp³-hybridized carbons (Fsp3) is 0.0476. The van der Waals surface area contributed by atoms with Gasteiger partial charge in [0.25, 0.3) is 0 Å². The Balaban J connectivity index is 1.12. The lowest BCUT2D eigenvalue weighted by Crippen LogP contribution is -2.14. The van der Waals surface area contributed by atoms with Crippen LogP contribution in [0.25, 0.3) is 116 Å². The van der Waals surface area contributed by atoms with Gasteiger partial charge < -0.3 is 4.57 Å². The number of benzene rings is 10. The highest BCUT2D eigenvalue weighted by Crippen LogP contribution is 2.52. The van der Waals surface area contributed by atoms with Crippen LogP contribution in [0.15, 0.2) is 224 Å². The van der Waals surface area contributed by atoms with E-state index in [1.807, 2.05) is 0 Å². The SMILES string of the molecule is CC1(C)c2ccccc2-c2c(-c3cc(-c4cc(-c5cc6ccccc6c6ccccc56)cc(-n5c6ccccc6c6ccc(-c7ccccc7)cc65)c4)nc(-c4ccccc4)n3)cccc21. The highest BCUT2D eigenvalue weighted by Gasteiger charge is 2.37. The second-order valence-electron chi connectivity index (χ2n) is 18.1. The van der Waals surface area contributed by atoms with Gasteiger partial charge in [0, 0.05) is 38.6 Å². The molecule has 3 nitrogen and oxygen atoms in total. The van der Waals surface area contributed by atoms with E-state index in [0.29, 0.717) is 5.82 Å². The summed E-state index contributed by atoms with van der Waals surface area (Å²) in [6.45, 7) is 4.67. The van der Waals surface area contributed by atoms with Crippen molar-refractivity contribution in [3.63, 3.8) is 0 Å². The van der Waals surface area contributed by atoms with E-state index < -0.39 is 0 Å². The number of fused-ring (bicyclic) bond motifs is 9. The molecule has 1 aliphatic rings. The Morgan fingerprint density at radius 2 is 0.970 bits per heavy atom. The molecular weight excluding hydrogens is 799 g/mol. The van der Waals surface area contributed by atoms with Gasteiger partial charge in [-0.2, -0.15) is 0 Å². The van der Waals surface area contributed by atoms with E-state index in [2.05, 4.69) is 243 Å². The van der Waals surface area contributed by atoms with Crippen LogP contribution in [-0.2, 0) is 5.41 Å². The van der Waals surface area contributed by atoms with E-state index in [1.54, 1.807) is 0 Å². The second kappa shape index (κ2) is 14.8. The highest BCUT2D eigenvalue weighted by molar-refractivity contribution is 6.14. The zero-order chi connectivity index (χ0) is 43.9. The largest absolute Gasteiger partial charge is 0.309 e. The van der Waals surface area contributed by atoms with Crippen LogP contribution in [-0.4, -0.2) is 14.5 Å². The number of rotatable bonds is 6. The Labute approximate surface area is 384 Å². The summed E-state index contributed by atoms with van der Waals surface area (Å²) in [5, 5.41) is 7.33. The summed E-state index contributed by atoms with van der Waals surface area (Å²) in [6.07, 6.45) is 0. The molecule has 0 saturated carbocycles. The lowest BCUT2D eigenvalue weighted by atomic mass is 9.82. The predicted octanol–water partition coefficient (Wildman–Crippen LogP) is 16.5. The Kier molecular flexibility index (Phi) is 8.56. The van der Waals surface area contributed by atoms with Gasteiger partial charge in [-0.1, -0.05) is 196 Å². The fourth-order valence-corrected chi connectivity index (χ4v) is 10.8. The smallest absolute Gasteiger partial charge is 0.160 e. The average molecular weight is 842 g/mol. The summed E-state index contributed by atoms with van der Waals surface area (Å²) in [6, 6.07) is 81.6. The monoisotopic (exact) mass is 841 g/mol. The Morgan fingerprint density at radius 1 is 0.348 bits per heavy atom. The maximum Gasteiger partial charge on any atom is 0.160 e. The third kappa shape index (κ3) is 5.97. The number of hydrogen-bond acceptors (Lipinski definition) is 2. The van der Waals surface area contributed by atoms with Crippen molar-refractivity contribution >= 4 is 43.4 Å². The minimum atomic E-state index is -0.144. The summed E-state index contributed by atoms with van der Waals surface area (Å²) >= 11 is 0. The molecule has 0 saturated heterocycles. The zero-order valence-corrected chi connectivity index (χ0v) is 36.7. The number of hydrogen-bond donors (Lipinski definition) is 0. The molecule has 10 aromatic carbocycles. The van der Waals surface area contributed by atoms with Crippen LogP contribution in [0.3, 0.4) is 0 Å². The summed E-state index contributed by atoms with van der Waals surface area (Å²) in [7, 11) is 0. The molecule has 12 aromatic rings. The van der Waals surface area contributed by atoms with Crippen LogP contribution in [0.4, 0.5) is 0 Å². The molecule has 66 heavy (non-hydrogen) atoms. The van der Waals surface area contributed by atoms with Crippen LogP contribution in [0.2, 0.25) is 0 Å². The van der Waals surface area contributed by atoms with Gasteiger partial charge in [-0.15, -0.1) is 0 Å². The van der Waals surface area contributed by atoms with E-state index in [-0.39, 0.29) is 5.41 Å². The van der Waals surface area contributed by atoms with Crippen molar-refractivity contribution in [1.29, 1.82) is 0 Å². The molecule has 3 heteroatoms. The standard InChI is InChI=1S/C63H43N3/c1-63(2)55-29-15-13-27-52(55)61-53(28-17-30-56(61)63)58-39-57(64-62(65-58)41-20-7-4-8-21-41)45-34-44(54-37-43-22-9-10-23-47(43)48-24-11-12-25-49(48)54)35-46(36-45)66-59-31-16-14-26-50(59)51-33-32-42(38-60(51)66)40-18-5-3-6-19-40/h3-39H,1-2H3. The molecule has 0 unspecified atom stereocenters. The van der Waals surface area contributed by atoms with Gasteiger partial charge in [0.2, 0.25) is 0 Å². The first-order valence-electron chi connectivity index (χ1n) is 22.8. The molecule has 0 atom stereocenters. The minimum absolute atomic E-state index is 0.144. The molecule has 0 N–H and O–H groups in total. The molecule has 0 spiro atoms. The minimum Gasteiger partial charge on any atom is -0.309 e. The summed E-state index contributed by atoms with van der Waals surface area (Å²) < 4.78 is 2.46. The lowest BCUT2D eigenvalue weighted by Gasteiger charge is -2.21. The van der Waals surface area contributed by atoms with E-state index in [1.165, 1.54) is 71.3 Å². The molecule has 13 rings (SSSR count). The molecule has 2 heterocycles. The quantitative estimate of drug-likeness (QED) is 0.156. The summed E-state index contributed by atoms with van der Waals surface area (Å²) in [5.41, 5.74) is 17.9. The molecule has 0 bridgehead atoms. The lowest BCUT2D eigenvalue weighted by molar-refractivity contribution is 0.660. The Bertz CT molecular complexity index is 3900. The van der Waals surface area contributed by atoms with Gasteiger partial charge in [0.05, 0.1) is 22.4 Å². The third-order valence-corrected chi connectivity index (χ3v) is 14.0. The van der Waals surface area contributed by atoms with Crippen LogP contribution in [0.5, 0.6) is 0 Å². The average Bonchev–Trinajstić information content (AvgIpc) is 3.84. The number of nitrogens with zero attached hydrogens (tertiary/aromatic N) is 3. The molecule has 1 aliphatic carbocycles. The van der Waals surface area contributed by atoms with Gasteiger partial charge in [-0.05, 0) is 109 Å². The first-order valence-corrected chi connectivity index (χ1v) is 22.8. The van der Waals surface area contributed by atoms with Crippen LogP contribution >= 0.6 is 0 Å². The molecule has 0 fully saturated rings. The maximum atomic E-state index is 5.49. The van der Waals surface area contributed by atoms with E-state index >= 15 is 0 Å². The Hall–Kier alpha value is -8.40.